The van der Waals surface area contributed by atoms with E-state index in [1.54, 1.807) is 7.05 Å². The summed E-state index contributed by atoms with van der Waals surface area (Å²) < 4.78 is 7.28. The Labute approximate surface area is 124 Å². The summed E-state index contributed by atoms with van der Waals surface area (Å²) in [5.41, 5.74) is -0.0964. The molecule has 0 bridgehead atoms. The number of rotatable bonds is 4. The molecule has 2 aromatic rings. The minimum absolute atomic E-state index is 0.0238. The fourth-order valence-corrected chi connectivity index (χ4v) is 1.86. The molecule has 2 heterocycles. The number of methoxy groups -OCH3 is 1. The molecule has 116 valence electrons. The molecule has 0 saturated heterocycles. The summed E-state index contributed by atoms with van der Waals surface area (Å²) >= 11 is 0. The predicted molar refractivity (Wildman–Crippen MR) is 74.6 cm³/mol. The Morgan fingerprint density at radius 2 is 2.00 bits per heavy atom. The number of carbonyl (C=O) groups excluding carboxylic acids is 2. The lowest BCUT2D eigenvalue weighted by atomic mass is 10.4. The molecule has 2 aromatic heterocycles. The number of nitrogens with zero attached hydrogens (tertiary/aromatic N) is 4. The van der Waals surface area contributed by atoms with Crippen LogP contribution in [0.25, 0.3) is 0 Å². The quantitative estimate of drug-likeness (QED) is 0.504. The molecule has 0 radical (unpaired) electrons. The summed E-state index contributed by atoms with van der Waals surface area (Å²) in [6, 6.07) is 1.15. The van der Waals surface area contributed by atoms with Crippen LogP contribution in [-0.4, -0.2) is 38.0 Å². The van der Waals surface area contributed by atoms with E-state index >= 15 is 0 Å². The molecule has 0 spiro atoms. The summed E-state index contributed by atoms with van der Waals surface area (Å²) in [6.45, 7) is 0. The number of nitrogens with one attached hydrogen (secondary N) is 1. The number of amides is 1. The third-order valence-corrected chi connectivity index (χ3v) is 2.92. The van der Waals surface area contributed by atoms with Crippen molar-refractivity contribution in [1.82, 2.24) is 14.1 Å². The molecule has 0 fully saturated rings. The van der Waals surface area contributed by atoms with E-state index in [9.17, 15) is 19.7 Å². The standard InChI is InChI=1S/C12H13N5O5/c1-15-5-7(17(20)21)4-8(15)11(18)14-9-6-16(2)10(13-9)12(19)22-3/h4-6H,1-3H3,(H,14,18). The Morgan fingerprint density at radius 3 is 2.55 bits per heavy atom. The van der Waals surface area contributed by atoms with E-state index in [4.69, 9.17) is 0 Å². The van der Waals surface area contributed by atoms with Gasteiger partial charge in [0.15, 0.2) is 5.82 Å². The lowest BCUT2D eigenvalue weighted by molar-refractivity contribution is -0.384. The number of nitro groups is 1. The van der Waals surface area contributed by atoms with Gasteiger partial charge >= 0.3 is 5.97 Å². The average molecular weight is 307 g/mol. The van der Waals surface area contributed by atoms with Crippen LogP contribution in [0, 0.1) is 10.1 Å². The van der Waals surface area contributed by atoms with Crippen molar-refractivity contribution in [3.05, 3.63) is 40.1 Å². The van der Waals surface area contributed by atoms with Gasteiger partial charge in [0.1, 0.15) is 5.69 Å². The second-order valence-electron chi connectivity index (χ2n) is 4.46. The molecule has 1 amide bonds. The highest BCUT2D eigenvalue weighted by atomic mass is 16.6. The molecule has 0 aromatic carbocycles. The summed E-state index contributed by atoms with van der Waals surface area (Å²) in [5, 5.41) is 13.2. The Balaban J connectivity index is 2.22. The second-order valence-corrected chi connectivity index (χ2v) is 4.46. The van der Waals surface area contributed by atoms with Gasteiger partial charge in [0, 0.05) is 26.4 Å². The van der Waals surface area contributed by atoms with Gasteiger partial charge in [-0.05, 0) is 0 Å². The lowest BCUT2D eigenvalue weighted by Crippen LogP contribution is -2.15. The zero-order valence-electron chi connectivity index (χ0n) is 12.1. The van der Waals surface area contributed by atoms with E-state index in [0.29, 0.717) is 0 Å². The Kier molecular flexibility index (Phi) is 3.93. The highest BCUT2D eigenvalue weighted by molar-refractivity contribution is 6.03. The molecular weight excluding hydrogens is 294 g/mol. The fraction of sp³-hybridized carbons (Fsp3) is 0.250. The van der Waals surface area contributed by atoms with Crippen LogP contribution in [0.4, 0.5) is 11.5 Å². The van der Waals surface area contributed by atoms with E-state index in [2.05, 4.69) is 15.0 Å². The van der Waals surface area contributed by atoms with Crippen LogP contribution in [0.2, 0.25) is 0 Å². The molecule has 0 aliphatic carbocycles. The van der Waals surface area contributed by atoms with Gasteiger partial charge in [-0.25, -0.2) is 9.78 Å². The number of aryl methyl sites for hydroxylation is 2. The monoisotopic (exact) mass is 307 g/mol. The Hall–Kier alpha value is -3.17. The van der Waals surface area contributed by atoms with Gasteiger partial charge in [-0.3, -0.25) is 14.9 Å². The lowest BCUT2D eigenvalue weighted by Gasteiger charge is -2.01. The minimum Gasteiger partial charge on any atom is -0.463 e. The van der Waals surface area contributed by atoms with Crippen molar-refractivity contribution in [3.63, 3.8) is 0 Å². The van der Waals surface area contributed by atoms with Gasteiger partial charge in [0.25, 0.3) is 11.6 Å². The highest BCUT2D eigenvalue weighted by Crippen LogP contribution is 2.17. The third-order valence-electron chi connectivity index (χ3n) is 2.92. The first-order valence-electron chi connectivity index (χ1n) is 6.07. The van der Waals surface area contributed by atoms with Gasteiger partial charge in [0.2, 0.25) is 5.82 Å². The number of imidazole rings is 1. The van der Waals surface area contributed by atoms with Gasteiger partial charge in [-0.15, -0.1) is 0 Å². The molecule has 1 N–H and O–H groups in total. The molecule has 0 unspecified atom stereocenters. The van der Waals surface area contributed by atoms with Crippen LogP contribution in [0.5, 0.6) is 0 Å². The van der Waals surface area contributed by atoms with Crippen LogP contribution in [0.1, 0.15) is 21.1 Å². The van der Waals surface area contributed by atoms with Gasteiger partial charge < -0.3 is 19.2 Å². The zero-order chi connectivity index (χ0) is 16.4. The third kappa shape index (κ3) is 2.80. The fourth-order valence-electron chi connectivity index (χ4n) is 1.86. The maximum Gasteiger partial charge on any atom is 0.374 e. The van der Waals surface area contributed by atoms with Crippen LogP contribution in [0.3, 0.4) is 0 Å². The molecule has 0 aliphatic heterocycles. The van der Waals surface area contributed by atoms with E-state index in [1.807, 2.05) is 0 Å². The summed E-state index contributed by atoms with van der Waals surface area (Å²) in [4.78, 5) is 37.6. The number of aromatic nitrogens is 3. The number of hydrogen-bond acceptors (Lipinski definition) is 6. The normalized spacial score (nSPS) is 10.3. The number of carbonyl (C=O) groups is 2. The van der Waals surface area contributed by atoms with Crippen LogP contribution in [0.15, 0.2) is 18.5 Å². The summed E-state index contributed by atoms with van der Waals surface area (Å²) in [5.74, 6) is -1.06. The largest absolute Gasteiger partial charge is 0.463 e. The summed E-state index contributed by atoms with van der Waals surface area (Å²) in [6.07, 6.45) is 2.66. The van der Waals surface area contributed by atoms with Gasteiger partial charge in [-0.1, -0.05) is 0 Å². The smallest absolute Gasteiger partial charge is 0.374 e. The number of hydrogen-bond donors (Lipinski definition) is 1. The van der Waals surface area contributed by atoms with Crippen LogP contribution < -0.4 is 5.32 Å². The summed E-state index contributed by atoms with van der Waals surface area (Å²) in [7, 11) is 4.31. The van der Waals surface area contributed by atoms with E-state index in [-0.39, 0.29) is 23.0 Å². The molecule has 0 atom stereocenters. The van der Waals surface area contributed by atoms with E-state index in [0.717, 1.165) is 6.07 Å². The minimum atomic E-state index is -0.641. The molecular formula is C12H13N5O5. The topological polar surface area (TPSA) is 121 Å². The van der Waals surface area contributed by atoms with Crippen molar-refractivity contribution in [2.75, 3.05) is 12.4 Å². The molecule has 2 rings (SSSR count). The van der Waals surface area contributed by atoms with Crippen molar-refractivity contribution in [1.29, 1.82) is 0 Å². The van der Waals surface area contributed by atoms with Crippen molar-refractivity contribution in [3.8, 4) is 0 Å². The van der Waals surface area contributed by atoms with E-state index < -0.39 is 16.8 Å². The molecule has 10 nitrogen and oxygen atoms in total. The number of ether oxygens (including phenoxy) is 1. The van der Waals surface area contributed by atoms with Crippen molar-refractivity contribution < 1.29 is 19.2 Å². The first kappa shape index (κ1) is 15.2. The van der Waals surface area contributed by atoms with Crippen molar-refractivity contribution in [2.45, 2.75) is 0 Å². The SMILES string of the molecule is COC(=O)c1nc(NC(=O)c2cc([N+](=O)[O-])cn2C)cn1C. The van der Waals surface area contributed by atoms with E-state index in [1.165, 1.54) is 35.7 Å². The van der Waals surface area contributed by atoms with Gasteiger partial charge in [-0.2, -0.15) is 0 Å². The average Bonchev–Trinajstić information content (AvgIpc) is 3.01. The predicted octanol–water partition coefficient (Wildman–Crippen LogP) is 0.706. The Morgan fingerprint density at radius 1 is 1.32 bits per heavy atom. The number of esters is 1. The molecule has 0 saturated carbocycles. The molecule has 10 heteroatoms. The zero-order valence-corrected chi connectivity index (χ0v) is 12.1. The Bertz CT molecular complexity index is 760. The molecule has 0 aliphatic rings. The number of anilines is 1. The maximum atomic E-state index is 12.1. The maximum absolute atomic E-state index is 12.1. The highest BCUT2D eigenvalue weighted by Gasteiger charge is 2.20. The van der Waals surface area contributed by atoms with Crippen molar-refractivity contribution >= 4 is 23.4 Å². The first-order valence-corrected chi connectivity index (χ1v) is 6.07. The van der Waals surface area contributed by atoms with Crippen LogP contribution >= 0.6 is 0 Å². The second kappa shape index (κ2) is 5.68. The van der Waals surface area contributed by atoms with Gasteiger partial charge in [0.05, 0.1) is 18.2 Å². The first-order chi connectivity index (χ1) is 10.3. The van der Waals surface area contributed by atoms with Crippen LogP contribution in [-0.2, 0) is 18.8 Å². The molecule has 22 heavy (non-hydrogen) atoms. The van der Waals surface area contributed by atoms with Crippen molar-refractivity contribution in [2.24, 2.45) is 14.1 Å².